The molecule has 9 nitrogen and oxygen atoms in total. The van der Waals surface area contributed by atoms with E-state index in [9.17, 15) is 18.0 Å². The zero-order chi connectivity index (χ0) is 22.7. The molecule has 2 aromatic carbocycles. The Kier molecular flexibility index (Phi) is 6.33. The van der Waals surface area contributed by atoms with Gasteiger partial charge in [-0.25, -0.2) is 8.42 Å². The summed E-state index contributed by atoms with van der Waals surface area (Å²) < 4.78 is 38.7. The van der Waals surface area contributed by atoms with Crippen LogP contribution in [-0.4, -0.2) is 68.3 Å². The van der Waals surface area contributed by atoms with Crippen molar-refractivity contribution in [2.45, 2.75) is 24.3 Å². The highest BCUT2D eigenvalue weighted by Crippen LogP contribution is 2.33. The molecule has 2 heterocycles. The van der Waals surface area contributed by atoms with Crippen LogP contribution in [0.5, 0.6) is 11.5 Å². The van der Waals surface area contributed by atoms with Crippen LogP contribution in [0, 0.1) is 0 Å². The lowest BCUT2D eigenvalue weighted by Gasteiger charge is -2.34. The zero-order valence-corrected chi connectivity index (χ0v) is 18.5. The number of hydrogen-bond acceptors (Lipinski definition) is 6. The normalized spacial score (nSPS) is 19.0. The molecule has 2 amide bonds. The second-order valence-corrected chi connectivity index (χ2v) is 9.49. The van der Waals surface area contributed by atoms with Gasteiger partial charge in [0.2, 0.25) is 10.0 Å². The second kappa shape index (κ2) is 9.17. The Balaban J connectivity index is 1.37. The van der Waals surface area contributed by atoms with Crippen molar-refractivity contribution in [1.82, 2.24) is 9.21 Å². The minimum Gasteiger partial charge on any atom is -0.484 e. The van der Waals surface area contributed by atoms with Crippen LogP contribution in [-0.2, 0) is 19.6 Å². The van der Waals surface area contributed by atoms with Gasteiger partial charge in [0.25, 0.3) is 11.8 Å². The Labute approximate surface area is 187 Å². The number of carbonyl (C=O) groups excluding carboxylic acids is 2. The fourth-order valence-electron chi connectivity index (χ4n) is 3.64. The standard InChI is InChI=1S/C22H25N3O6S/c1-2-19-22(27)23-18-14-17(8-9-20(18)31-19)32(28,29)25-12-10-24(11-13-25)21(26)15-30-16-6-4-3-5-7-16/h3-9,14,19H,2,10-13,15H2,1H3,(H,23,27)/t19-/m1/s1. The number of nitrogens with one attached hydrogen (secondary N) is 1. The van der Waals surface area contributed by atoms with E-state index in [-0.39, 0.29) is 49.5 Å². The smallest absolute Gasteiger partial charge is 0.265 e. The lowest BCUT2D eigenvalue weighted by Crippen LogP contribution is -2.51. The van der Waals surface area contributed by atoms with E-state index in [0.29, 0.717) is 23.6 Å². The average Bonchev–Trinajstić information content (AvgIpc) is 2.82. The molecule has 32 heavy (non-hydrogen) atoms. The van der Waals surface area contributed by atoms with Gasteiger partial charge in [-0.1, -0.05) is 25.1 Å². The van der Waals surface area contributed by atoms with E-state index in [1.807, 2.05) is 25.1 Å². The largest absolute Gasteiger partial charge is 0.484 e. The third-order valence-corrected chi connectivity index (χ3v) is 7.37. The summed E-state index contributed by atoms with van der Waals surface area (Å²) in [5.41, 5.74) is 0.340. The number of ether oxygens (including phenoxy) is 2. The first-order chi connectivity index (χ1) is 15.4. The first kappa shape index (κ1) is 22.1. The fraction of sp³-hybridized carbons (Fsp3) is 0.364. The number of hydrogen-bond donors (Lipinski definition) is 1. The van der Waals surface area contributed by atoms with E-state index in [4.69, 9.17) is 9.47 Å². The van der Waals surface area contributed by atoms with Crippen LogP contribution < -0.4 is 14.8 Å². The number of para-hydroxylation sites is 1. The molecule has 0 aliphatic carbocycles. The predicted octanol–water partition coefficient (Wildman–Crippen LogP) is 1.71. The van der Waals surface area contributed by atoms with Gasteiger partial charge < -0.3 is 19.7 Å². The molecule has 0 spiro atoms. The number of anilines is 1. The number of amides is 2. The number of benzene rings is 2. The molecule has 2 aliphatic rings. The maximum Gasteiger partial charge on any atom is 0.265 e. The molecule has 2 aliphatic heterocycles. The van der Waals surface area contributed by atoms with Gasteiger partial charge in [0.1, 0.15) is 11.5 Å². The van der Waals surface area contributed by atoms with Gasteiger partial charge in [-0.05, 0) is 36.8 Å². The summed E-state index contributed by atoms with van der Waals surface area (Å²) in [6, 6.07) is 13.5. The summed E-state index contributed by atoms with van der Waals surface area (Å²) >= 11 is 0. The van der Waals surface area contributed by atoms with E-state index in [1.54, 1.807) is 23.1 Å². The molecule has 0 saturated carbocycles. The number of nitrogens with zero attached hydrogens (tertiary/aromatic N) is 2. The number of sulfonamides is 1. The van der Waals surface area contributed by atoms with Crippen molar-refractivity contribution in [3.8, 4) is 11.5 Å². The Morgan fingerprint density at radius 2 is 1.84 bits per heavy atom. The molecule has 1 atom stereocenters. The number of piperazine rings is 1. The third kappa shape index (κ3) is 4.56. The van der Waals surface area contributed by atoms with E-state index in [2.05, 4.69) is 5.32 Å². The Bertz CT molecular complexity index is 1100. The molecule has 170 valence electrons. The van der Waals surface area contributed by atoms with Crippen LogP contribution in [0.25, 0.3) is 0 Å². The summed E-state index contributed by atoms with van der Waals surface area (Å²) in [6.45, 7) is 2.65. The molecule has 1 saturated heterocycles. The van der Waals surface area contributed by atoms with E-state index in [0.717, 1.165) is 0 Å². The van der Waals surface area contributed by atoms with Gasteiger partial charge >= 0.3 is 0 Å². The quantitative estimate of drug-likeness (QED) is 0.705. The van der Waals surface area contributed by atoms with Crippen molar-refractivity contribution in [2.24, 2.45) is 0 Å². The Morgan fingerprint density at radius 3 is 2.53 bits per heavy atom. The van der Waals surface area contributed by atoms with Gasteiger partial charge in [-0.3, -0.25) is 9.59 Å². The SMILES string of the molecule is CC[C@H]1Oc2ccc(S(=O)(=O)N3CCN(C(=O)COc4ccccc4)CC3)cc2NC1=O. The molecular weight excluding hydrogens is 434 g/mol. The Morgan fingerprint density at radius 1 is 1.12 bits per heavy atom. The lowest BCUT2D eigenvalue weighted by atomic mass is 10.2. The van der Waals surface area contributed by atoms with Gasteiger partial charge in [0.15, 0.2) is 12.7 Å². The molecule has 0 unspecified atom stereocenters. The molecule has 0 bridgehead atoms. The van der Waals surface area contributed by atoms with Crippen LogP contribution in [0.3, 0.4) is 0 Å². The van der Waals surface area contributed by atoms with Crippen LogP contribution in [0.15, 0.2) is 53.4 Å². The number of rotatable bonds is 6. The highest BCUT2D eigenvalue weighted by molar-refractivity contribution is 7.89. The van der Waals surface area contributed by atoms with Crippen molar-refractivity contribution in [2.75, 3.05) is 38.1 Å². The molecule has 10 heteroatoms. The molecule has 0 radical (unpaired) electrons. The summed E-state index contributed by atoms with van der Waals surface area (Å²) in [6.07, 6.45) is -0.0634. The summed E-state index contributed by atoms with van der Waals surface area (Å²) in [5, 5.41) is 2.71. The van der Waals surface area contributed by atoms with Crippen molar-refractivity contribution in [3.05, 3.63) is 48.5 Å². The van der Waals surface area contributed by atoms with Crippen LogP contribution >= 0.6 is 0 Å². The van der Waals surface area contributed by atoms with Crippen molar-refractivity contribution >= 4 is 27.5 Å². The van der Waals surface area contributed by atoms with Crippen LogP contribution in [0.1, 0.15) is 13.3 Å². The van der Waals surface area contributed by atoms with Crippen molar-refractivity contribution < 1.29 is 27.5 Å². The highest BCUT2D eigenvalue weighted by atomic mass is 32.2. The highest BCUT2D eigenvalue weighted by Gasteiger charge is 2.32. The summed E-state index contributed by atoms with van der Waals surface area (Å²) in [7, 11) is -3.78. The van der Waals surface area contributed by atoms with Gasteiger partial charge in [0, 0.05) is 26.2 Å². The minimum absolute atomic E-state index is 0.0716. The monoisotopic (exact) mass is 459 g/mol. The lowest BCUT2D eigenvalue weighted by molar-refractivity contribution is -0.134. The number of carbonyl (C=O) groups is 2. The predicted molar refractivity (Wildman–Crippen MR) is 117 cm³/mol. The molecule has 2 aromatic rings. The molecule has 1 N–H and O–H groups in total. The topological polar surface area (TPSA) is 105 Å². The zero-order valence-electron chi connectivity index (χ0n) is 17.7. The first-order valence-electron chi connectivity index (χ1n) is 10.5. The summed E-state index contributed by atoms with van der Waals surface area (Å²) in [4.78, 5) is 26.1. The van der Waals surface area contributed by atoms with Crippen molar-refractivity contribution in [3.63, 3.8) is 0 Å². The Hall–Kier alpha value is -3.11. The molecular formula is C22H25N3O6S. The van der Waals surface area contributed by atoms with Crippen LogP contribution in [0.4, 0.5) is 5.69 Å². The van der Waals surface area contributed by atoms with Crippen molar-refractivity contribution in [1.29, 1.82) is 0 Å². The average molecular weight is 460 g/mol. The van der Waals surface area contributed by atoms with Gasteiger partial charge in [-0.2, -0.15) is 4.31 Å². The van der Waals surface area contributed by atoms with Gasteiger partial charge in [0.05, 0.1) is 10.6 Å². The molecule has 4 rings (SSSR count). The fourth-order valence-corrected chi connectivity index (χ4v) is 5.09. The molecule has 0 aromatic heterocycles. The van der Waals surface area contributed by atoms with Crippen LogP contribution in [0.2, 0.25) is 0 Å². The molecule has 1 fully saturated rings. The van der Waals surface area contributed by atoms with E-state index < -0.39 is 16.1 Å². The summed E-state index contributed by atoms with van der Waals surface area (Å²) in [5.74, 6) is 0.574. The van der Waals surface area contributed by atoms with E-state index >= 15 is 0 Å². The second-order valence-electron chi connectivity index (χ2n) is 7.55. The minimum atomic E-state index is -3.78. The third-order valence-electron chi connectivity index (χ3n) is 5.48. The van der Waals surface area contributed by atoms with Gasteiger partial charge in [-0.15, -0.1) is 0 Å². The van der Waals surface area contributed by atoms with E-state index in [1.165, 1.54) is 16.4 Å². The maximum absolute atomic E-state index is 13.1. The maximum atomic E-state index is 13.1. The number of fused-ring (bicyclic) bond motifs is 1. The first-order valence-corrected chi connectivity index (χ1v) is 11.9.